The van der Waals surface area contributed by atoms with Crippen molar-refractivity contribution in [2.75, 3.05) is 58.4 Å². The summed E-state index contributed by atoms with van der Waals surface area (Å²) < 4.78 is 42.7. The van der Waals surface area contributed by atoms with Crippen molar-refractivity contribution in [3.8, 4) is 5.75 Å². The molecule has 2 amide bonds. The molecule has 7 atom stereocenters. The number of fused-ring (bicyclic) bond motifs is 4. The predicted octanol–water partition coefficient (Wildman–Crippen LogP) is 5.82. The summed E-state index contributed by atoms with van der Waals surface area (Å²) in [6.45, 7) is 9.75. The predicted molar refractivity (Wildman–Crippen MR) is 208 cm³/mol. The van der Waals surface area contributed by atoms with E-state index in [4.69, 9.17) is 21.1 Å². The van der Waals surface area contributed by atoms with Crippen LogP contribution < -0.4 is 14.4 Å². The lowest BCUT2D eigenvalue weighted by Crippen LogP contribution is -2.57. The van der Waals surface area contributed by atoms with E-state index in [2.05, 4.69) is 46.7 Å². The largest absolute Gasteiger partial charge is 0.490 e. The van der Waals surface area contributed by atoms with Crippen molar-refractivity contribution >= 4 is 39.1 Å². The molecule has 288 valence electrons. The molecule has 1 saturated heterocycles. The van der Waals surface area contributed by atoms with Crippen LogP contribution in [0.5, 0.6) is 5.75 Å². The minimum absolute atomic E-state index is 0.0485. The first kappa shape index (κ1) is 38.2. The van der Waals surface area contributed by atoms with Gasteiger partial charge in [0.2, 0.25) is 15.9 Å². The summed E-state index contributed by atoms with van der Waals surface area (Å²) in [5, 5.41) is -0.120. The van der Waals surface area contributed by atoms with Crippen molar-refractivity contribution in [2.24, 2.45) is 17.8 Å². The van der Waals surface area contributed by atoms with Crippen LogP contribution in [0.1, 0.15) is 80.8 Å². The van der Waals surface area contributed by atoms with Gasteiger partial charge in [-0.2, -0.15) is 0 Å². The third kappa shape index (κ3) is 7.35. The fraction of sp³-hybridized carbons (Fsp3) is 0.610. The van der Waals surface area contributed by atoms with Gasteiger partial charge in [-0.3, -0.25) is 9.59 Å². The molecule has 1 saturated carbocycles. The van der Waals surface area contributed by atoms with Crippen molar-refractivity contribution in [3.63, 3.8) is 0 Å². The van der Waals surface area contributed by atoms with Crippen LogP contribution in [0.15, 0.2) is 48.6 Å². The molecule has 2 fully saturated rings. The standard InChI is InChI=1S/C41H55ClN4O6S/c1-27-8-6-17-41(51-5,22-38(47)46-19-18-44(4)23-28(46)2)35-13-10-32(35)24-45-25-40(16-7-9-30-20-33(42)12-14-34(30)40)26-52-37-15-11-31(21-36(37)45)39(48)43-53(49,50)29(27)3/h6,11-12,14-15,17,20-21,27-29,32,35H,7-10,13,16,18-19,22-26H2,1-5H3,(H,43,48)/b17-6+/t27-,28-,29+,32-,35+,40-,41+/m0/s1. The van der Waals surface area contributed by atoms with E-state index in [1.54, 1.807) is 32.2 Å². The molecule has 1 spiro atoms. The maximum atomic E-state index is 14.2. The van der Waals surface area contributed by atoms with Crippen LogP contribution in [0, 0.1) is 17.8 Å². The highest BCUT2D eigenvalue weighted by Gasteiger charge is 2.50. The number of methoxy groups -OCH3 is 1. The molecule has 7 rings (SSSR count). The van der Waals surface area contributed by atoms with E-state index in [0.717, 1.165) is 55.9 Å². The van der Waals surface area contributed by atoms with Crippen LogP contribution in [-0.4, -0.2) is 100 Å². The van der Waals surface area contributed by atoms with Crippen molar-refractivity contribution in [3.05, 3.63) is 70.3 Å². The summed E-state index contributed by atoms with van der Waals surface area (Å²) in [6.07, 6.45) is 9.49. The molecule has 0 radical (unpaired) electrons. The zero-order valence-electron chi connectivity index (χ0n) is 31.8. The van der Waals surface area contributed by atoms with Gasteiger partial charge in [-0.25, -0.2) is 13.1 Å². The van der Waals surface area contributed by atoms with E-state index < -0.39 is 26.8 Å². The number of sulfonamides is 1. The Morgan fingerprint density at radius 1 is 1.09 bits per heavy atom. The number of carbonyl (C=O) groups is 2. The Bertz CT molecular complexity index is 1870. The zero-order chi connectivity index (χ0) is 37.7. The molecule has 0 aromatic heterocycles. The smallest absolute Gasteiger partial charge is 0.264 e. The molecule has 3 aliphatic heterocycles. The van der Waals surface area contributed by atoms with Crippen LogP contribution in [0.2, 0.25) is 5.02 Å². The maximum Gasteiger partial charge on any atom is 0.264 e. The molecule has 2 aromatic rings. The quantitative estimate of drug-likeness (QED) is 0.390. The summed E-state index contributed by atoms with van der Waals surface area (Å²) in [4.78, 5) is 34.5. The number of aryl methyl sites for hydroxylation is 1. The molecule has 2 bridgehead atoms. The van der Waals surface area contributed by atoms with E-state index >= 15 is 0 Å². The molecule has 2 aromatic carbocycles. The number of anilines is 1. The second-order valence-corrected chi connectivity index (χ2v) is 19.0. The maximum absolute atomic E-state index is 14.2. The van der Waals surface area contributed by atoms with Crippen LogP contribution in [-0.2, 0) is 31.4 Å². The summed E-state index contributed by atoms with van der Waals surface area (Å²) in [5.41, 5.74) is 2.33. The molecular weight excluding hydrogens is 712 g/mol. The number of piperazine rings is 1. The molecule has 5 aliphatic rings. The molecule has 2 aliphatic carbocycles. The minimum atomic E-state index is -4.01. The van der Waals surface area contributed by atoms with Crippen LogP contribution in [0.4, 0.5) is 5.69 Å². The summed E-state index contributed by atoms with van der Waals surface area (Å²) in [5.74, 6) is 0.0347. The summed E-state index contributed by atoms with van der Waals surface area (Å²) in [7, 11) is -0.206. The summed E-state index contributed by atoms with van der Waals surface area (Å²) in [6, 6.07) is 11.5. The number of carbonyl (C=O) groups excluding carboxylic acids is 2. The topological polar surface area (TPSA) is 108 Å². The Balaban J connectivity index is 1.30. The first-order valence-electron chi connectivity index (χ1n) is 19.3. The Morgan fingerprint density at radius 2 is 1.91 bits per heavy atom. The lowest BCUT2D eigenvalue weighted by molar-refractivity contribution is -0.146. The third-order valence-electron chi connectivity index (χ3n) is 13.2. The SMILES string of the molecule is CO[C@@]1(CC(=O)N2CCN(C)C[C@@H]2C)/C=C/C[C@H](C)[C@@H](C)S(=O)(=O)NC(=O)c2ccc3c(c2)N(C[C@@H]2CC[C@H]21)C[C@@]1(CCCc2cc(Cl)ccc21)CO3. The number of likely N-dealkylation sites (N-methyl/N-ethyl adjacent to an activating group) is 1. The Kier molecular flexibility index (Phi) is 10.7. The lowest BCUT2D eigenvalue weighted by Gasteiger charge is -2.51. The molecule has 0 unspecified atom stereocenters. The fourth-order valence-electron chi connectivity index (χ4n) is 9.68. The molecule has 1 N–H and O–H groups in total. The third-order valence-corrected chi connectivity index (χ3v) is 15.3. The summed E-state index contributed by atoms with van der Waals surface area (Å²) >= 11 is 6.49. The number of hydrogen-bond acceptors (Lipinski definition) is 8. The van der Waals surface area contributed by atoms with Gasteiger partial charge in [-0.15, -0.1) is 0 Å². The number of ether oxygens (including phenoxy) is 2. The molecule has 10 nitrogen and oxygen atoms in total. The second kappa shape index (κ2) is 14.8. The van der Waals surface area contributed by atoms with Gasteiger partial charge in [0.25, 0.3) is 5.91 Å². The van der Waals surface area contributed by atoms with Gasteiger partial charge in [0, 0.05) is 61.9 Å². The molecular formula is C41H55ClN4O6S. The molecule has 12 heteroatoms. The zero-order valence-corrected chi connectivity index (χ0v) is 33.3. The highest BCUT2D eigenvalue weighted by atomic mass is 35.5. The molecule has 3 heterocycles. The van der Waals surface area contributed by atoms with Crippen molar-refractivity contribution in [1.82, 2.24) is 14.5 Å². The van der Waals surface area contributed by atoms with Crippen LogP contribution in [0.25, 0.3) is 0 Å². The number of benzene rings is 2. The average Bonchev–Trinajstić information content (AvgIpc) is 3.25. The van der Waals surface area contributed by atoms with Crippen molar-refractivity contribution < 1.29 is 27.5 Å². The number of rotatable bonds is 3. The van der Waals surface area contributed by atoms with Crippen LogP contribution >= 0.6 is 11.6 Å². The van der Waals surface area contributed by atoms with Gasteiger partial charge in [-0.05, 0) is 119 Å². The van der Waals surface area contributed by atoms with E-state index in [-0.39, 0.29) is 47.1 Å². The number of nitrogens with zero attached hydrogens (tertiary/aromatic N) is 3. The van der Waals surface area contributed by atoms with Crippen molar-refractivity contribution in [1.29, 1.82) is 0 Å². The van der Waals surface area contributed by atoms with Gasteiger partial charge >= 0.3 is 0 Å². The van der Waals surface area contributed by atoms with E-state index in [0.29, 0.717) is 38.4 Å². The van der Waals surface area contributed by atoms with Crippen molar-refractivity contribution in [2.45, 2.75) is 88.0 Å². The normalized spacial score (nSPS) is 33.8. The van der Waals surface area contributed by atoms with E-state index in [1.165, 1.54) is 11.1 Å². The first-order chi connectivity index (χ1) is 25.2. The lowest BCUT2D eigenvalue weighted by atomic mass is 9.62. The van der Waals surface area contributed by atoms with Gasteiger partial charge in [0.15, 0.2) is 0 Å². The van der Waals surface area contributed by atoms with Gasteiger partial charge in [0.05, 0.1) is 29.6 Å². The van der Waals surface area contributed by atoms with E-state index in [9.17, 15) is 18.0 Å². The average molecular weight is 767 g/mol. The number of hydrogen-bond donors (Lipinski definition) is 1. The second-order valence-electron chi connectivity index (χ2n) is 16.6. The number of nitrogens with one attached hydrogen (secondary N) is 1. The molecule has 53 heavy (non-hydrogen) atoms. The number of allylic oxidation sites excluding steroid dienone is 1. The highest BCUT2D eigenvalue weighted by molar-refractivity contribution is 7.90. The Hall–Kier alpha value is -3.12. The Labute approximate surface area is 320 Å². The Morgan fingerprint density at radius 3 is 2.64 bits per heavy atom. The number of amides is 2. The van der Waals surface area contributed by atoms with Gasteiger partial charge < -0.3 is 24.2 Å². The number of halogens is 1. The highest BCUT2D eigenvalue weighted by Crippen LogP contribution is 2.50. The first-order valence-corrected chi connectivity index (χ1v) is 21.2. The van der Waals surface area contributed by atoms with Gasteiger partial charge in [-0.1, -0.05) is 36.7 Å². The van der Waals surface area contributed by atoms with Gasteiger partial charge in [0.1, 0.15) is 5.75 Å². The monoisotopic (exact) mass is 766 g/mol. The minimum Gasteiger partial charge on any atom is -0.490 e. The van der Waals surface area contributed by atoms with E-state index in [1.807, 2.05) is 24.0 Å². The fourth-order valence-corrected chi connectivity index (χ4v) is 11.2. The van der Waals surface area contributed by atoms with Crippen LogP contribution in [0.3, 0.4) is 0 Å².